The molecular weight excluding hydrogens is 262 g/mol. The van der Waals surface area contributed by atoms with Crippen molar-refractivity contribution in [3.63, 3.8) is 0 Å². The normalized spacial score (nSPS) is 11.0. The number of nitrogens with zero attached hydrogens (tertiary/aromatic N) is 3. The Labute approximate surface area is 123 Å². The number of aromatic nitrogens is 4. The molecule has 1 aromatic carbocycles. The molecule has 0 spiro atoms. The van der Waals surface area contributed by atoms with Crippen LogP contribution in [-0.2, 0) is 0 Å². The molecular formula is C16H19N5. The van der Waals surface area contributed by atoms with Crippen molar-refractivity contribution in [1.82, 2.24) is 20.2 Å². The molecule has 2 heterocycles. The first-order valence-electron chi connectivity index (χ1n) is 7.13. The summed E-state index contributed by atoms with van der Waals surface area (Å²) in [4.78, 5) is 9.12. The van der Waals surface area contributed by atoms with Crippen molar-refractivity contribution in [2.75, 3.05) is 11.9 Å². The molecule has 0 aliphatic rings. The van der Waals surface area contributed by atoms with Gasteiger partial charge in [-0.2, -0.15) is 10.1 Å². The predicted molar refractivity (Wildman–Crippen MR) is 85.5 cm³/mol. The summed E-state index contributed by atoms with van der Waals surface area (Å²) in [7, 11) is 0. The predicted octanol–water partition coefficient (Wildman–Crippen LogP) is 3.38. The number of aryl methyl sites for hydroxylation is 3. The molecule has 0 unspecified atom stereocenters. The van der Waals surface area contributed by atoms with E-state index in [2.05, 4.69) is 58.4 Å². The highest BCUT2D eigenvalue weighted by atomic mass is 15.2. The number of H-pyrrole nitrogens is 1. The second-order valence-electron chi connectivity index (χ2n) is 5.31. The lowest BCUT2D eigenvalue weighted by atomic mass is 9.97. The summed E-state index contributed by atoms with van der Waals surface area (Å²) in [6.07, 6.45) is 1.79. The SMILES string of the molecule is CCNc1nc(-c2cc(C)c(C)cc2C)c2cn[nH]c2n1. The van der Waals surface area contributed by atoms with E-state index in [9.17, 15) is 0 Å². The highest BCUT2D eigenvalue weighted by molar-refractivity contribution is 5.91. The Bertz CT molecular complexity index is 804. The molecule has 5 nitrogen and oxygen atoms in total. The highest BCUT2D eigenvalue weighted by Gasteiger charge is 2.14. The molecule has 0 bridgehead atoms. The first kappa shape index (κ1) is 13.5. The van der Waals surface area contributed by atoms with Crippen LogP contribution in [0.4, 0.5) is 5.95 Å². The highest BCUT2D eigenvalue weighted by Crippen LogP contribution is 2.30. The number of anilines is 1. The molecule has 3 aromatic rings. The summed E-state index contributed by atoms with van der Waals surface area (Å²) in [6, 6.07) is 4.39. The Balaban J connectivity index is 2.28. The van der Waals surface area contributed by atoms with Crippen LogP contribution in [0.1, 0.15) is 23.6 Å². The summed E-state index contributed by atoms with van der Waals surface area (Å²) in [5.74, 6) is 0.627. The lowest BCUT2D eigenvalue weighted by molar-refractivity contribution is 1.07. The van der Waals surface area contributed by atoms with Crippen molar-refractivity contribution in [3.8, 4) is 11.3 Å². The molecule has 0 radical (unpaired) electrons. The topological polar surface area (TPSA) is 66.5 Å². The molecule has 0 saturated carbocycles. The number of rotatable bonds is 3. The van der Waals surface area contributed by atoms with E-state index >= 15 is 0 Å². The molecule has 0 aliphatic carbocycles. The van der Waals surface area contributed by atoms with Gasteiger partial charge in [0.05, 0.1) is 17.3 Å². The zero-order valence-corrected chi connectivity index (χ0v) is 12.8. The van der Waals surface area contributed by atoms with Crippen LogP contribution in [0.2, 0.25) is 0 Å². The van der Waals surface area contributed by atoms with E-state index < -0.39 is 0 Å². The minimum atomic E-state index is 0.627. The third-order valence-electron chi connectivity index (χ3n) is 3.74. The van der Waals surface area contributed by atoms with Gasteiger partial charge in [0.25, 0.3) is 0 Å². The first-order chi connectivity index (χ1) is 10.1. The third kappa shape index (κ3) is 2.35. The molecule has 0 fully saturated rings. The maximum Gasteiger partial charge on any atom is 0.225 e. The third-order valence-corrected chi connectivity index (χ3v) is 3.74. The standard InChI is InChI=1S/C16H19N5/c1-5-17-16-19-14(13-8-18-21-15(13)20-16)12-7-10(3)9(2)6-11(12)4/h6-8H,5H2,1-4H3,(H2,17,18,19,20,21). The number of hydrogen-bond acceptors (Lipinski definition) is 4. The van der Waals surface area contributed by atoms with Gasteiger partial charge in [0.1, 0.15) is 0 Å². The molecule has 0 atom stereocenters. The molecule has 21 heavy (non-hydrogen) atoms. The van der Waals surface area contributed by atoms with E-state index in [-0.39, 0.29) is 0 Å². The van der Waals surface area contributed by atoms with Gasteiger partial charge in [-0.3, -0.25) is 5.10 Å². The average molecular weight is 281 g/mol. The molecule has 0 aliphatic heterocycles. The molecule has 5 heteroatoms. The Morgan fingerprint density at radius 1 is 1.05 bits per heavy atom. The first-order valence-corrected chi connectivity index (χ1v) is 7.13. The fourth-order valence-electron chi connectivity index (χ4n) is 2.49. The minimum absolute atomic E-state index is 0.627. The maximum absolute atomic E-state index is 4.68. The second kappa shape index (κ2) is 5.16. The van der Waals surface area contributed by atoms with E-state index in [1.54, 1.807) is 6.20 Å². The number of aromatic amines is 1. The van der Waals surface area contributed by atoms with Gasteiger partial charge < -0.3 is 5.32 Å². The summed E-state index contributed by atoms with van der Waals surface area (Å²) >= 11 is 0. The van der Waals surface area contributed by atoms with E-state index in [0.717, 1.165) is 28.8 Å². The Morgan fingerprint density at radius 2 is 1.81 bits per heavy atom. The van der Waals surface area contributed by atoms with Crippen LogP contribution < -0.4 is 5.32 Å². The van der Waals surface area contributed by atoms with Crippen LogP contribution in [0.15, 0.2) is 18.3 Å². The second-order valence-corrected chi connectivity index (χ2v) is 5.31. The van der Waals surface area contributed by atoms with Gasteiger partial charge in [-0.1, -0.05) is 6.07 Å². The van der Waals surface area contributed by atoms with Gasteiger partial charge >= 0.3 is 0 Å². The number of benzene rings is 1. The van der Waals surface area contributed by atoms with Crippen molar-refractivity contribution < 1.29 is 0 Å². The van der Waals surface area contributed by atoms with Gasteiger partial charge in [0.2, 0.25) is 5.95 Å². The van der Waals surface area contributed by atoms with Crippen LogP contribution in [0.5, 0.6) is 0 Å². The summed E-state index contributed by atoms with van der Waals surface area (Å²) < 4.78 is 0. The molecule has 2 aromatic heterocycles. The van der Waals surface area contributed by atoms with E-state index in [1.807, 2.05) is 6.92 Å². The van der Waals surface area contributed by atoms with Crippen LogP contribution in [0, 0.1) is 20.8 Å². The van der Waals surface area contributed by atoms with Gasteiger partial charge in [-0.05, 0) is 50.5 Å². The Hall–Kier alpha value is -2.43. The smallest absolute Gasteiger partial charge is 0.225 e. The fraction of sp³-hybridized carbons (Fsp3) is 0.312. The van der Waals surface area contributed by atoms with Crippen molar-refractivity contribution in [3.05, 3.63) is 35.0 Å². The van der Waals surface area contributed by atoms with Crippen LogP contribution in [-0.4, -0.2) is 26.7 Å². The van der Waals surface area contributed by atoms with Gasteiger partial charge in [0, 0.05) is 12.1 Å². The minimum Gasteiger partial charge on any atom is -0.354 e. The maximum atomic E-state index is 4.68. The average Bonchev–Trinajstić information content (AvgIpc) is 2.91. The van der Waals surface area contributed by atoms with Gasteiger partial charge in [-0.25, -0.2) is 4.98 Å². The van der Waals surface area contributed by atoms with Crippen LogP contribution in [0.3, 0.4) is 0 Å². The van der Waals surface area contributed by atoms with E-state index in [0.29, 0.717) is 5.95 Å². The Morgan fingerprint density at radius 3 is 2.57 bits per heavy atom. The monoisotopic (exact) mass is 281 g/mol. The van der Waals surface area contributed by atoms with Crippen molar-refractivity contribution in [1.29, 1.82) is 0 Å². The van der Waals surface area contributed by atoms with Crippen molar-refractivity contribution in [2.24, 2.45) is 0 Å². The van der Waals surface area contributed by atoms with Crippen molar-refractivity contribution >= 4 is 17.0 Å². The van der Waals surface area contributed by atoms with E-state index in [1.165, 1.54) is 16.7 Å². The summed E-state index contributed by atoms with van der Waals surface area (Å²) in [5, 5.41) is 11.2. The zero-order chi connectivity index (χ0) is 15.0. The number of hydrogen-bond donors (Lipinski definition) is 2. The van der Waals surface area contributed by atoms with Crippen LogP contribution >= 0.6 is 0 Å². The molecule has 0 amide bonds. The molecule has 0 saturated heterocycles. The number of fused-ring (bicyclic) bond motifs is 1. The molecule has 3 rings (SSSR count). The Kier molecular flexibility index (Phi) is 3.33. The largest absolute Gasteiger partial charge is 0.354 e. The van der Waals surface area contributed by atoms with Crippen LogP contribution in [0.25, 0.3) is 22.3 Å². The molecule has 2 N–H and O–H groups in total. The lowest BCUT2D eigenvalue weighted by Gasteiger charge is -2.11. The zero-order valence-electron chi connectivity index (χ0n) is 12.8. The summed E-state index contributed by atoms with van der Waals surface area (Å²) in [5.41, 5.74) is 6.57. The summed E-state index contributed by atoms with van der Waals surface area (Å²) in [6.45, 7) is 9.18. The molecule has 108 valence electrons. The number of nitrogens with one attached hydrogen (secondary N) is 2. The van der Waals surface area contributed by atoms with E-state index in [4.69, 9.17) is 0 Å². The van der Waals surface area contributed by atoms with Gasteiger partial charge in [-0.15, -0.1) is 0 Å². The quantitative estimate of drug-likeness (QED) is 0.772. The fourth-order valence-corrected chi connectivity index (χ4v) is 2.49. The van der Waals surface area contributed by atoms with Crippen molar-refractivity contribution in [2.45, 2.75) is 27.7 Å². The van der Waals surface area contributed by atoms with Gasteiger partial charge in [0.15, 0.2) is 5.65 Å². The lowest BCUT2D eigenvalue weighted by Crippen LogP contribution is -2.04.